The summed E-state index contributed by atoms with van der Waals surface area (Å²) in [4.78, 5) is 20.7. The van der Waals surface area contributed by atoms with Crippen molar-refractivity contribution in [3.05, 3.63) is 72.1 Å². The van der Waals surface area contributed by atoms with E-state index in [2.05, 4.69) is 20.1 Å². The molecule has 0 amide bonds. The van der Waals surface area contributed by atoms with E-state index >= 15 is 0 Å². The third-order valence-electron chi connectivity index (χ3n) is 4.30. The monoisotopic (exact) mass is 412 g/mol. The Bertz CT molecular complexity index is 991. The molecule has 0 spiro atoms. The first-order valence-corrected chi connectivity index (χ1v) is 9.05. The number of nitrogens with zero attached hydrogens (tertiary/aromatic N) is 5. The Balaban J connectivity index is 2.25. The molecule has 1 N–H and O–H groups in total. The zero-order chi connectivity index (χ0) is 20.3. The van der Waals surface area contributed by atoms with Gasteiger partial charge >= 0.3 is 8.25 Å². The zero-order valence-electron chi connectivity index (χ0n) is 14.4. The van der Waals surface area contributed by atoms with Crippen molar-refractivity contribution in [1.82, 2.24) is 24.7 Å². The molecule has 0 aliphatic carbocycles. The van der Waals surface area contributed by atoms with Crippen molar-refractivity contribution in [1.29, 1.82) is 0 Å². The van der Waals surface area contributed by atoms with Gasteiger partial charge in [0.25, 0.3) is 0 Å². The van der Waals surface area contributed by atoms with Crippen LogP contribution >= 0.6 is 8.25 Å². The number of halogens is 3. The van der Waals surface area contributed by atoms with E-state index in [4.69, 9.17) is 4.52 Å². The minimum absolute atomic E-state index is 0.185. The molecular weight excluding hydrogens is 398 g/mol. The molecule has 1 aromatic carbocycles. The van der Waals surface area contributed by atoms with Crippen LogP contribution in [-0.2, 0) is 21.2 Å². The summed E-state index contributed by atoms with van der Waals surface area (Å²) in [6.45, 7) is 1.10. The number of hydrogen-bond donors (Lipinski definition) is 1. The number of hydrogen-bond acceptors (Lipinski definition) is 6. The average molecular weight is 412 g/mol. The summed E-state index contributed by atoms with van der Waals surface area (Å²) in [5.41, 5.74) is -2.42. The second kappa shape index (κ2) is 8.09. The first-order valence-electron chi connectivity index (χ1n) is 7.92. The van der Waals surface area contributed by atoms with Gasteiger partial charge in [0.05, 0.1) is 18.4 Å². The molecule has 0 bridgehead atoms. The van der Waals surface area contributed by atoms with E-state index in [-0.39, 0.29) is 17.8 Å². The standard InChI is InChI=1S/C16H13F3N5O3P/c1-10(15-14(19)5-20-7-22-15)16(27-28(25)26,6-24-9-21-8-23-24)12-3-2-11(17)4-13(12)18/h2-5,7-10H,6H2,1H3/p+1/t10-,16+/m0/s1. The van der Waals surface area contributed by atoms with Crippen molar-refractivity contribution in [2.75, 3.05) is 0 Å². The van der Waals surface area contributed by atoms with Gasteiger partial charge in [-0.1, -0.05) is 13.0 Å². The maximum atomic E-state index is 14.7. The first-order chi connectivity index (χ1) is 13.3. The molecule has 146 valence electrons. The predicted molar refractivity (Wildman–Crippen MR) is 89.4 cm³/mol. The second-order valence-corrected chi connectivity index (χ2v) is 6.57. The third kappa shape index (κ3) is 3.91. The molecule has 0 fully saturated rings. The second-order valence-electron chi connectivity index (χ2n) is 5.91. The van der Waals surface area contributed by atoms with Gasteiger partial charge in [-0.25, -0.2) is 32.8 Å². The molecule has 3 aromatic rings. The fraction of sp³-hybridized carbons (Fsp3) is 0.250. The van der Waals surface area contributed by atoms with Crippen LogP contribution in [0.2, 0.25) is 0 Å². The first kappa shape index (κ1) is 20.0. The van der Waals surface area contributed by atoms with E-state index in [0.29, 0.717) is 6.07 Å². The van der Waals surface area contributed by atoms with Crippen LogP contribution in [0.15, 0.2) is 43.4 Å². The van der Waals surface area contributed by atoms with Crippen LogP contribution in [-0.4, -0.2) is 29.6 Å². The zero-order valence-corrected chi connectivity index (χ0v) is 15.3. The van der Waals surface area contributed by atoms with Crippen molar-refractivity contribution in [3.8, 4) is 0 Å². The Morgan fingerprint density at radius 2 is 2.04 bits per heavy atom. The number of aromatic nitrogens is 5. The molecule has 2 heterocycles. The van der Waals surface area contributed by atoms with Gasteiger partial charge in [-0.2, -0.15) is 5.10 Å². The van der Waals surface area contributed by atoms with Gasteiger partial charge in [0.2, 0.25) is 0 Å². The summed E-state index contributed by atoms with van der Waals surface area (Å²) < 4.78 is 60.7. The SMILES string of the molecule is C[C@@H](c1ncncc1F)[C@@](Cn1cncn1)(O[P+](=O)O)c1ccc(F)cc1F. The van der Waals surface area contributed by atoms with E-state index in [0.717, 1.165) is 24.7 Å². The molecule has 28 heavy (non-hydrogen) atoms. The van der Waals surface area contributed by atoms with Gasteiger partial charge in [0.1, 0.15) is 30.6 Å². The summed E-state index contributed by atoms with van der Waals surface area (Å²) in [5, 5.41) is 3.91. The van der Waals surface area contributed by atoms with Gasteiger partial charge < -0.3 is 0 Å². The highest BCUT2D eigenvalue weighted by Gasteiger charge is 2.51. The predicted octanol–water partition coefficient (Wildman–Crippen LogP) is 2.85. The highest BCUT2D eigenvalue weighted by atomic mass is 31.1. The molecule has 3 rings (SSSR count). The molecule has 2 aromatic heterocycles. The van der Waals surface area contributed by atoms with Crippen LogP contribution < -0.4 is 0 Å². The van der Waals surface area contributed by atoms with Crippen molar-refractivity contribution in [2.45, 2.75) is 25.0 Å². The van der Waals surface area contributed by atoms with E-state index in [9.17, 15) is 22.6 Å². The lowest BCUT2D eigenvalue weighted by molar-refractivity contribution is 0.0112. The van der Waals surface area contributed by atoms with E-state index < -0.39 is 37.2 Å². The van der Waals surface area contributed by atoms with Crippen LogP contribution in [0.3, 0.4) is 0 Å². The highest BCUT2D eigenvalue weighted by molar-refractivity contribution is 7.32. The molecule has 0 saturated heterocycles. The molecule has 8 nitrogen and oxygen atoms in total. The van der Waals surface area contributed by atoms with Crippen molar-refractivity contribution in [3.63, 3.8) is 0 Å². The Kier molecular flexibility index (Phi) is 5.78. The van der Waals surface area contributed by atoms with Gasteiger partial charge in [-0.05, 0) is 6.07 Å². The van der Waals surface area contributed by atoms with Crippen molar-refractivity contribution in [2.24, 2.45) is 0 Å². The number of benzene rings is 1. The fourth-order valence-corrected chi connectivity index (χ4v) is 3.59. The Morgan fingerprint density at radius 1 is 1.25 bits per heavy atom. The summed E-state index contributed by atoms with van der Waals surface area (Å²) in [6.07, 6.45) is 4.45. The normalized spacial score (nSPS) is 15.1. The van der Waals surface area contributed by atoms with E-state index in [1.54, 1.807) is 0 Å². The Hall–Kier alpha value is -2.75. The van der Waals surface area contributed by atoms with Crippen LogP contribution in [0.1, 0.15) is 24.1 Å². The van der Waals surface area contributed by atoms with Crippen LogP contribution in [0, 0.1) is 17.5 Å². The van der Waals surface area contributed by atoms with Crippen molar-refractivity contribution < 1.29 is 27.2 Å². The summed E-state index contributed by atoms with van der Waals surface area (Å²) in [6, 6.07) is 2.63. The molecule has 0 aliphatic heterocycles. The van der Waals surface area contributed by atoms with Gasteiger partial charge in [-0.15, -0.1) is 9.42 Å². The maximum Gasteiger partial charge on any atom is 0.695 e. The molecule has 12 heteroatoms. The van der Waals surface area contributed by atoms with Crippen molar-refractivity contribution >= 4 is 8.25 Å². The Labute approximate surface area is 158 Å². The third-order valence-corrected chi connectivity index (χ3v) is 4.78. The molecule has 3 atom stereocenters. The molecule has 0 radical (unpaired) electrons. The average Bonchev–Trinajstić information content (AvgIpc) is 3.13. The number of rotatable bonds is 7. The van der Waals surface area contributed by atoms with Gasteiger partial charge in [0, 0.05) is 22.1 Å². The lowest BCUT2D eigenvalue weighted by Gasteiger charge is -2.33. The Morgan fingerprint density at radius 3 is 2.64 bits per heavy atom. The van der Waals surface area contributed by atoms with E-state index in [1.807, 2.05) is 0 Å². The summed E-state index contributed by atoms with van der Waals surface area (Å²) in [5.74, 6) is -3.83. The van der Waals surface area contributed by atoms with Gasteiger partial charge in [-0.3, -0.25) is 0 Å². The lowest BCUT2D eigenvalue weighted by atomic mass is 9.79. The lowest BCUT2D eigenvalue weighted by Crippen LogP contribution is -2.40. The van der Waals surface area contributed by atoms with Crippen LogP contribution in [0.4, 0.5) is 13.2 Å². The smallest absolute Gasteiger partial charge is 0.249 e. The van der Waals surface area contributed by atoms with E-state index in [1.165, 1.54) is 24.3 Å². The molecule has 1 unspecified atom stereocenters. The quantitative estimate of drug-likeness (QED) is 0.595. The maximum absolute atomic E-state index is 14.7. The molecule has 0 aliphatic rings. The minimum Gasteiger partial charge on any atom is -0.249 e. The topological polar surface area (TPSA) is 103 Å². The largest absolute Gasteiger partial charge is 0.695 e. The fourth-order valence-electron chi connectivity index (χ4n) is 3.00. The summed E-state index contributed by atoms with van der Waals surface area (Å²) in [7, 11) is -3.28. The molecular formula is C16H14F3N5O3P+. The minimum atomic E-state index is -3.28. The van der Waals surface area contributed by atoms with Gasteiger partial charge in [0.15, 0.2) is 11.4 Å². The van der Waals surface area contributed by atoms with Crippen LogP contribution in [0.5, 0.6) is 0 Å². The highest BCUT2D eigenvalue weighted by Crippen LogP contribution is 2.47. The van der Waals surface area contributed by atoms with Crippen LogP contribution in [0.25, 0.3) is 0 Å². The summed E-state index contributed by atoms with van der Waals surface area (Å²) >= 11 is 0. The molecule has 0 saturated carbocycles.